The largest absolute Gasteiger partial charge is 0.388 e. The van der Waals surface area contributed by atoms with Gasteiger partial charge in [0.05, 0.1) is 11.0 Å². The summed E-state index contributed by atoms with van der Waals surface area (Å²) in [6.45, 7) is 3.68. The predicted molar refractivity (Wildman–Crippen MR) is 66.0 cm³/mol. The van der Waals surface area contributed by atoms with Gasteiger partial charge in [-0.25, -0.2) is 4.98 Å². The van der Waals surface area contributed by atoms with Gasteiger partial charge in [-0.1, -0.05) is 6.92 Å². The number of benzene rings is 1. The van der Waals surface area contributed by atoms with Crippen LogP contribution >= 0.6 is 0 Å². The first-order chi connectivity index (χ1) is 8.08. The number of hydrogen-bond acceptors (Lipinski definition) is 3. The Morgan fingerprint density at radius 1 is 1.47 bits per heavy atom. The number of imidazole rings is 1. The zero-order valence-electron chi connectivity index (χ0n) is 10.3. The van der Waals surface area contributed by atoms with Crippen LogP contribution in [-0.2, 0) is 13.7 Å². The number of carbonyl (C=O) groups is 1. The summed E-state index contributed by atoms with van der Waals surface area (Å²) in [4.78, 5) is 16.1. The molecule has 0 fully saturated rings. The van der Waals surface area contributed by atoms with Gasteiger partial charge in [0.15, 0.2) is 5.78 Å². The van der Waals surface area contributed by atoms with Crippen molar-refractivity contribution in [3.63, 3.8) is 0 Å². The van der Waals surface area contributed by atoms with E-state index < -0.39 is 0 Å². The first-order valence-electron chi connectivity index (χ1n) is 5.68. The topological polar surface area (TPSA) is 55.1 Å². The molecule has 0 radical (unpaired) electrons. The molecule has 17 heavy (non-hydrogen) atoms. The molecule has 0 unspecified atom stereocenters. The number of aromatic nitrogens is 2. The van der Waals surface area contributed by atoms with Crippen LogP contribution in [0.25, 0.3) is 11.0 Å². The number of aryl methyl sites for hydroxylation is 2. The Bertz CT molecular complexity index is 585. The highest BCUT2D eigenvalue weighted by Crippen LogP contribution is 2.21. The molecule has 0 saturated carbocycles. The number of fused-ring (bicyclic) bond motifs is 1. The van der Waals surface area contributed by atoms with Gasteiger partial charge in [-0.2, -0.15) is 0 Å². The minimum Gasteiger partial charge on any atom is -0.388 e. The van der Waals surface area contributed by atoms with Crippen LogP contribution in [0.3, 0.4) is 0 Å². The summed E-state index contributed by atoms with van der Waals surface area (Å²) in [5, 5.41) is 9.16. The summed E-state index contributed by atoms with van der Waals surface area (Å²) in [6.07, 6.45) is 0.492. The zero-order valence-corrected chi connectivity index (χ0v) is 10.3. The Balaban J connectivity index is 2.69. The third kappa shape index (κ3) is 1.85. The van der Waals surface area contributed by atoms with E-state index in [4.69, 9.17) is 5.11 Å². The highest BCUT2D eigenvalue weighted by Gasteiger charge is 2.12. The summed E-state index contributed by atoms with van der Waals surface area (Å²) in [6, 6.07) is 3.76. The fourth-order valence-corrected chi connectivity index (χ4v) is 2.02. The summed E-state index contributed by atoms with van der Waals surface area (Å²) >= 11 is 0. The van der Waals surface area contributed by atoms with Gasteiger partial charge in [-0.15, -0.1) is 0 Å². The predicted octanol–water partition coefficient (Wildman–Crippen LogP) is 1.97. The zero-order chi connectivity index (χ0) is 12.6. The number of aliphatic hydroxyl groups is 1. The summed E-state index contributed by atoms with van der Waals surface area (Å²) in [5.41, 5.74) is 3.39. The second-order valence-electron chi connectivity index (χ2n) is 4.18. The first kappa shape index (κ1) is 11.8. The van der Waals surface area contributed by atoms with Crippen molar-refractivity contribution in [2.75, 3.05) is 0 Å². The third-order valence-corrected chi connectivity index (χ3v) is 3.08. The van der Waals surface area contributed by atoms with Crippen molar-refractivity contribution in [2.24, 2.45) is 7.05 Å². The third-order valence-electron chi connectivity index (χ3n) is 3.08. The van der Waals surface area contributed by atoms with Crippen molar-refractivity contribution < 1.29 is 9.90 Å². The molecule has 90 valence electrons. The molecule has 4 heteroatoms. The molecule has 2 aromatic rings. The van der Waals surface area contributed by atoms with E-state index in [2.05, 4.69) is 4.98 Å². The smallest absolute Gasteiger partial charge is 0.162 e. The van der Waals surface area contributed by atoms with Crippen LogP contribution in [0.5, 0.6) is 0 Å². The van der Waals surface area contributed by atoms with E-state index in [1.807, 2.05) is 37.6 Å². The van der Waals surface area contributed by atoms with E-state index in [1.165, 1.54) is 0 Å². The van der Waals surface area contributed by atoms with E-state index in [0.717, 1.165) is 22.2 Å². The Morgan fingerprint density at radius 2 is 2.18 bits per heavy atom. The van der Waals surface area contributed by atoms with Crippen LogP contribution in [0.1, 0.15) is 35.1 Å². The fraction of sp³-hybridized carbons (Fsp3) is 0.385. The van der Waals surface area contributed by atoms with Crippen LogP contribution in [0.15, 0.2) is 12.1 Å². The molecule has 0 aliphatic carbocycles. The van der Waals surface area contributed by atoms with Crippen molar-refractivity contribution in [1.29, 1.82) is 0 Å². The van der Waals surface area contributed by atoms with Gasteiger partial charge in [-0.05, 0) is 24.6 Å². The second kappa shape index (κ2) is 4.30. The Kier molecular flexibility index (Phi) is 2.98. The number of ketones is 1. The Hall–Kier alpha value is -1.68. The summed E-state index contributed by atoms with van der Waals surface area (Å²) in [5.74, 6) is 0.737. The number of rotatable bonds is 3. The molecule has 1 heterocycles. The molecule has 0 atom stereocenters. The van der Waals surface area contributed by atoms with Gasteiger partial charge in [-0.3, -0.25) is 4.79 Å². The molecule has 0 bridgehead atoms. The van der Waals surface area contributed by atoms with E-state index >= 15 is 0 Å². The minimum atomic E-state index is -0.0959. The number of aliphatic hydroxyl groups excluding tert-OH is 1. The SMILES string of the molecule is CCC(=O)c1cc2nc(CO)n(C)c2cc1C. The van der Waals surface area contributed by atoms with Gasteiger partial charge in [0.1, 0.15) is 12.4 Å². The molecule has 1 aromatic carbocycles. The maximum Gasteiger partial charge on any atom is 0.162 e. The van der Waals surface area contributed by atoms with Gasteiger partial charge in [0.25, 0.3) is 0 Å². The number of Topliss-reactive ketones (excluding diaryl/α,β-unsaturated/α-hetero) is 1. The Labute approximate surface area is 99.9 Å². The summed E-state index contributed by atoms with van der Waals surface area (Å²) in [7, 11) is 1.86. The van der Waals surface area contributed by atoms with Gasteiger partial charge in [0, 0.05) is 19.0 Å². The van der Waals surface area contributed by atoms with Crippen LogP contribution in [0, 0.1) is 6.92 Å². The average Bonchev–Trinajstić information content (AvgIpc) is 2.64. The minimum absolute atomic E-state index is 0.0959. The lowest BCUT2D eigenvalue weighted by Gasteiger charge is -2.04. The Morgan fingerprint density at radius 3 is 2.76 bits per heavy atom. The lowest BCUT2D eigenvalue weighted by molar-refractivity contribution is 0.0987. The number of carbonyl (C=O) groups excluding carboxylic acids is 1. The van der Waals surface area contributed by atoms with Crippen LogP contribution in [-0.4, -0.2) is 20.4 Å². The molecule has 1 N–H and O–H groups in total. The van der Waals surface area contributed by atoms with Crippen molar-refractivity contribution in [3.05, 3.63) is 29.1 Å². The lowest BCUT2D eigenvalue weighted by Crippen LogP contribution is -2.00. The van der Waals surface area contributed by atoms with Crippen molar-refractivity contribution >= 4 is 16.8 Å². The standard InChI is InChI=1S/C13H16N2O2/c1-4-12(17)9-6-10-11(5-8(9)2)15(3)13(7-16)14-10/h5-6,16H,4,7H2,1-3H3. The van der Waals surface area contributed by atoms with Crippen LogP contribution in [0.4, 0.5) is 0 Å². The average molecular weight is 232 g/mol. The molecule has 0 aliphatic heterocycles. The van der Waals surface area contributed by atoms with Gasteiger partial charge in [0.2, 0.25) is 0 Å². The first-order valence-corrected chi connectivity index (χ1v) is 5.68. The lowest BCUT2D eigenvalue weighted by atomic mass is 10.0. The second-order valence-corrected chi connectivity index (χ2v) is 4.18. The molecular formula is C13H16N2O2. The number of hydrogen-bond donors (Lipinski definition) is 1. The van der Waals surface area contributed by atoms with E-state index in [-0.39, 0.29) is 12.4 Å². The molecule has 0 aliphatic rings. The number of nitrogens with zero attached hydrogens (tertiary/aromatic N) is 2. The monoisotopic (exact) mass is 232 g/mol. The van der Waals surface area contributed by atoms with E-state index in [9.17, 15) is 4.79 Å². The van der Waals surface area contributed by atoms with E-state index in [1.54, 1.807) is 0 Å². The van der Waals surface area contributed by atoms with Crippen molar-refractivity contribution in [3.8, 4) is 0 Å². The van der Waals surface area contributed by atoms with Gasteiger partial charge >= 0.3 is 0 Å². The molecule has 0 spiro atoms. The quantitative estimate of drug-likeness (QED) is 0.823. The van der Waals surface area contributed by atoms with Crippen molar-refractivity contribution in [1.82, 2.24) is 9.55 Å². The molecule has 1 aromatic heterocycles. The molecule has 0 saturated heterocycles. The maximum atomic E-state index is 11.8. The van der Waals surface area contributed by atoms with Crippen molar-refractivity contribution in [2.45, 2.75) is 26.9 Å². The normalized spacial score (nSPS) is 11.1. The van der Waals surface area contributed by atoms with E-state index in [0.29, 0.717) is 12.2 Å². The molecule has 0 amide bonds. The van der Waals surface area contributed by atoms with Crippen LogP contribution in [0.2, 0.25) is 0 Å². The molecule has 2 rings (SSSR count). The fourth-order valence-electron chi connectivity index (χ4n) is 2.02. The highest BCUT2D eigenvalue weighted by molar-refractivity contribution is 6.00. The molecular weight excluding hydrogens is 216 g/mol. The van der Waals surface area contributed by atoms with Crippen LogP contribution < -0.4 is 0 Å². The van der Waals surface area contributed by atoms with Gasteiger partial charge < -0.3 is 9.67 Å². The summed E-state index contributed by atoms with van der Waals surface area (Å²) < 4.78 is 1.85. The maximum absolute atomic E-state index is 11.8. The molecule has 4 nitrogen and oxygen atoms in total. The highest BCUT2D eigenvalue weighted by atomic mass is 16.3.